The van der Waals surface area contributed by atoms with E-state index in [1.54, 1.807) is 37.1 Å². The summed E-state index contributed by atoms with van der Waals surface area (Å²) in [4.78, 5) is 24.5. The predicted molar refractivity (Wildman–Crippen MR) is 101 cm³/mol. The van der Waals surface area contributed by atoms with E-state index >= 15 is 0 Å². The number of hydrogen-bond acceptors (Lipinski definition) is 6. The number of amides is 2. The SMILES string of the molecule is C=C1NC(=O)N[C@@H](c2ccc(OC)c(OC)c2)[C@@H]1C(=O)OCCSCC. The molecule has 2 N–H and O–H groups in total. The summed E-state index contributed by atoms with van der Waals surface area (Å²) in [5.41, 5.74) is 1.00. The number of esters is 1. The molecule has 0 unspecified atom stereocenters. The molecule has 1 aromatic rings. The van der Waals surface area contributed by atoms with E-state index in [1.807, 2.05) is 6.92 Å². The number of rotatable bonds is 8. The Morgan fingerprint density at radius 2 is 2.00 bits per heavy atom. The van der Waals surface area contributed by atoms with Crippen LogP contribution in [0.4, 0.5) is 4.79 Å². The fourth-order valence-electron chi connectivity index (χ4n) is 2.72. The van der Waals surface area contributed by atoms with Gasteiger partial charge in [-0.15, -0.1) is 0 Å². The molecular formula is C18H24N2O5S. The van der Waals surface area contributed by atoms with E-state index in [2.05, 4.69) is 17.2 Å². The van der Waals surface area contributed by atoms with E-state index < -0.39 is 24.0 Å². The van der Waals surface area contributed by atoms with Crippen molar-refractivity contribution in [1.29, 1.82) is 0 Å². The predicted octanol–water partition coefficient (Wildman–Crippen LogP) is 2.48. The molecule has 1 aromatic carbocycles. The summed E-state index contributed by atoms with van der Waals surface area (Å²) in [6.07, 6.45) is 0. The quantitative estimate of drug-likeness (QED) is 0.532. The average molecular weight is 380 g/mol. The van der Waals surface area contributed by atoms with Gasteiger partial charge in [-0.1, -0.05) is 19.6 Å². The minimum atomic E-state index is -0.738. The molecule has 1 fully saturated rings. The van der Waals surface area contributed by atoms with Crippen molar-refractivity contribution in [3.05, 3.63) is 36.0 Å². The Labute approximate surface area is 157 Å². The van der Waals surface area contributed by atoms with Crippen molar-refractivity contribution in [2.24, 2.45) is 5.92 Å². The van der Waals surface area contributed by atoms with Crippen LogP contribution in [-0.4, -0.2) is 44.3 Å². The topological polar surface area (TPSA) is 85.9 Å². The van der Waals surface area contributed by atoms with Crippen LogP contribution in [0, 0.1) is 5.92 Å². The monoisotopic (exact) mass is 380 g/mol. The number of methoxy groups -OCH3 is 2. The van der Waals surface area contributed by atoms with Crippen molar-refractivity contribution in [3.63, 3.8) is 0 Å². The van der Waals surface area contributed by atoms with Gasteiger partial charge in [0.05, 0.1) is 20.3 Å². The summed E-state index contributed by atoms with van der Waals surface area (Å²) >= 11 is 1.69. The summed E-state index contributed by atoms with van der Waals surface area (Å²) in [5.74, 6) is 1.58. The summed E-state index contributed by atoms with van der Waals surface area (Å²) in [7, 11) is 3.07. The second-order valence-corrected chi connectivity index (χ2v) is 6.95. The summed E-state index contributed by atoms with van der Waals surface area (Å²) in [6.45, 7) is 6.19. The van der Waals surface area contributed by atoms with Gasteiger partial charge < -0.3 is 24.8 Å². The minimum Gasteiger partial charge on any atom is -0.493 e. The maximum atomic E-state index is 12.6. The molecule has 2 rings (SSSR count). The van der Waals surface area contributed by atoms with Crippen LogP contribution < -0.4 is 20.1 Å². The Morgan fingerprint density at radius 3 is 2.65 bits per heavy atom. The number of thioether (sulfide) groups is 1. The van der Waals surface area contributed by atoms with Gasteiger partial charge in [0.15, 0.2) is 11.5 Å². The van der Waals surface area contributed by atoms with E-state index in [9.17, 15) is 9.59 Å². The molecule has 0 aromatic heterocycles. The Bertz CT molecular complexity index is 680. The number of carbonyl (C=O) groups is 2. The van der Waals surface area contributed by atoms with Gasteiger partial charge in [0.1, 0.15) is 12.5 Å². The van der Waals surface area contributed by atoms with E-state index in [0.29, 0.717) is 29.4 Å². The van der Waals surface area contributed by atoms with Crippen LogP contribution in [0.1, 0.15) is 18.5 Å². The molecule has 1 aliphatic heterocycles. The third kappa shape index (κ3) is 4.63. The Kier molecular flexibility index (Phi) is 7.20. The maximum absolute atomic E-state index is 12.6. The molecule has 8 heteroatoms. The Balaban J connectivity index is 2.25. The molecule has 2 amide bonds. The molecule has 0 aliphatic carbocycles. The number of ether oxygens (including phenoxy) is 3. The first-order valence-electron chi connectivity index (χ1n) is 8.24. The van der Waals surface area contributed by atoms with Gasteiger partial charge in [-0.05, 0) is 23.4 Å². The zero-order chi connectivity index (χ0) is 19.1. The standard InChI is InChI=1S/C18H24N2O5S/c1-5-26-9-8-25-17(21)15-11(2)19-18(22)20-16(15)12-6-7-13(23-3)14(10-12)24-4/h6-7,10,15-16H,2,5,8-9H2,1,3-4H3,(H2,19,20,22)/t15-,16+/m1/s1. The molecule has 2 atom stereocenters. The van der Waals surface area contributed by atoms with Gasteiger partial charge in [0, 0.05) is 11.4 Å². The molecule has 142 valence electrons. The smallest absolute Gasteiger partial charge is 0.319 e. The number of benzene rings is 1. The molecular weight excluding hydrogens is 356 g/mol. The number of hydrogen-bond donors (Lipinski definition) is 2. The normalized spacial score (nSPS) is 19.3. The summed E-state index contributed by atoms with van der Waals surface area (Å²) in [5, 5.41) is 5.33. The molecule has 7 nitrogen and oxygen atoms in total. The zero-order valence-corrected chi connectivity index (χ0v) is 16.0. The lowest BCUT2D eigenvalue weighted by Crippen LogP contribution is -2.51. The Hall–Kier alpha value is -2.35. The second kappa shape index (κ2) is 9.38. The highest BCUT2D eigenvalue weighted by molar-refractivity contribution is 7.99. The fraction of sp³-hybridized carbons (Fsp3) is 0.444. The lowest BCUT2D eigenvalue weighted by molar-refractivity contribution is -0.147. The summed E-state index contributed by atoms with van der Waals surface area (Å²) < 4.78 is 15.9. The molecule has 1 saturated heterocycles. The molecule has 1 heterocycles. The van der Waals surface area contributed by atoms with Crippen LogP contribution in [0.25, 0.3) is 0 Å². The van der Waals surface area contributed by atoms with Crippen LogP contribution in [0.2, 0.25) is 0 Å². The Morgan fingerprint density at radius 1 is 1.27 bits per heavy atom. The highest BCUT2D eigenvalue weighted by Crippen LogP contribution is 2.35. The lowest BCUT2D eigenvalue weighted by atomic mass is 9.89. The molecule has 0 radical (unpaired) electrons. The maximum Gasteiger partial charge on any atom is 0.319 e. The first-order valence-corrected chi connectivity index (χ1v) is 9.39. The minimum absolute atomic E-state index is 0.307. The van der Waals surface area contributed by atoms with Gasteiger partial charge in [0.2, 0.25) is 0 Å². The highest BCUT2D eigenvalue weighted by Gasteiger charge is 2.39. The second-order valence-electron chi connectivity index (χ2n) is 5.56. The van der Waals surface area contributed by atoms with Crippen LogP contribution in [-0.2, 0) is 9.53 Å². The third-order valence-electron chi connectivity index (χ3n) is 3.97. The zero-order valence-electron chi connectivity index (χ0n) is 15.2. The van der Waals surface area contributed by atoms with Crippen molar-refractivity contribution in [3.8, 4) is 11.5 Å². The van der Waals surface area contributed by atoms with Crippen LogP contribution in [0.5, 0.6) is 11.5 Å². The highest BCUT2D eigenvalue weighted by atomic mass is 32.2. The largest absolute Gasteiger partial charge is 0.493 e. The van der Waals surface area contributed by atoms with Crippen molar-refractivity contribution in [1.82, 2.24) is 10.6 Å². The van der Waals surface area contributed by atoms with Crippen LogP contribution >= 0.6 is 11.8 Å². The third-order valence-corrected chi connectivity index (χ3v) is 4.83. The van der Waals surface area contributed by atoms with E-state index in [1.165, 1.54) is 7.11 Å². The van der Waals surface area contributed by atoms with Gasteiger partial charge in [0.25, 0.3) is 0 Å². The number of urea groups is 1. The van der Waals surface area contributed by atoms with Crippen LogP contribution in [0.15, 0.2) is 30.5 Å². The molecule has 1 aliphatic rings. The first-order chi connectivity index (χ1) is 12.5. The van der Waals surface area contributed by atoms with Crippen molar-refractivity contribution in [2.45, 2.75) is 13.0 Å². The molecule has 0 spiro atoms. The van der Waals surface area contributed by atoms with E-state index in [0.717, 1.165) is 11.5 Å². The van der Waals surface area contributed by atoms with Gasteiger partial charge in [-0.2, -0.15) is 11.8 Å². The van der Waals surface area contributed by atoms with Gasteiger partial charge in [-0.3, -0.25) is 4.79 Å². The lowest BCUT2D eigenvalue weighted by Gasteiger charge is -2.33. The molecule has 0 bridgehead atoms. The fourth-order valence-corrected chi connectivity index (χ4v) is 3.21. The number of nitrogens with one attached hydrogen (secondary N) is 2. The average Bonchev–Trinajstić information content (AvgIpc) is 2.63. The van der Waals surface area contributed by atoms with Crippen molar-refractivity contribution >= 4 is 23.8 Å². The van der Waals surface area contributed by atoms with Gasteiger partial charge >= 0.3 is 12.0 Å². The van der Waals surface area contributed by atoms with Gasteiger partial charge in [-0.25, -0.2) is 4.79 Å². The van der Waals surface area contributed by atoms with Crippen LogP contribution in [0.3, 0.4) is 0 Å². The van der Waals surface area contributed by atoms with E-state index in [-0.39, 0.29) is 0 Å². The number of carbonyl (C=O) groups excluding carboxylic acids is 2. The molecule has 26 heavy (non-hydrogen) atoms. The van der Waals surface area contributed by atoms with Crippen molar-refractivity contribution in [2.75, 3.05) is 32.3 Å². The molecule has 0 saturated carbocycles. The summed E-state index contributed by atoms with van der Waals surface area (Å²) in [6, 6.07) is 4.21. The first kappa shape index (κ1) is 20.0. The van der Waals surface area contributed by atoms with E-state index in [4.69, 9.17) is 14.2 Å². The van der Waals surface area contributed by atoms with Crippen molar-refractivity contribution < 1.29 is 23.8 Å².